The molecule has 0 saturated heterocycles. The molecule has 0 unspecified atom stereocenters. The van der Waals surface area contributed by atoms with Crippen molar-refractivity contribution in [1.82, 2.24) is 10.2 Å². The molecule has 0 aliphatic carbocycles. The van der Waals surface area contributed by atoms with Gasteiger partial charge in [-0.1, -0.05) is 12.1 Å². The number of amides is 3. The molecule has 1 aromatic carbocycles. The molecule has 0 heterocycles. The van der Waals surface area contributed by atoms with Gasteiger partial charge in [-0.3, -0.25) is 14.6 Å². The Morgan fingerprint density at radius 3 is 2.34 bits per heavy atom. The first-order valence-corrected chi connectivity index (χ1v) is 9.55. The van der Waals surface area contributed by atoms with Gasteiger partial charge in [-0.2, -0.15) is 0 Å². The van der Waals surface area contributed by atoms with E-state index in [9.17, 15) is 29.4 Å². The molecule has 0 aliphatic rings. The van der Waals surface area contributed by atoms with Gasteiger partial charge >= 0.3 is 12.1 Å². The molecule has 0 aliphatic heterocycles. The highest BCUT2D eigenvalue weighted by atomic mass is 16.5. The minimum absolute atomic E-state index is 0.0182. The van der Waals surface area contributed by atoms with Crippen LogP contribution in [-0.2, 0) is 25.5 Å². The van der Waals surface area contributed by atoms with Gasteiger partial charge in [0.25, 0.3) is 0 Å². The molecule has 0 fully saturated rings. The predicted molar refractivity (Wildman–Crippen MR) is 113 cm³/mol. The number of carboxylic acid groups (broad SMARTS) is 1. The highest BCUT2D eigenvalue weighted by Gasteiger charge is 2.30. The Kier molecular flexibility index (Phi) is 10.4. The molecule has 13 heteroatoms. The van der Waals surface area contributed by atoms with Crippen molar-refractivity contribution >= 4 is 29.8 Å². The number of nitrogens with zero attached hydrogens (tertiary/aromatic N) is 2. The molecular weight excluding hydrogens is 424 g/mol. The first kappa shape index (κ1) is 26.2. The maximum atomic E-state index is 12.7. The number of methoxy groups -OCH3 is 1. The summed E-state index contributed by atoms with van der Waals surface area (Å²) >= 11 is 0. The number of ether oxygens (including phenoxy) is 1. The Hall–Kier alpha value is -3.87. The van der Waals surface area contributed by atoms with Crippen molar-refractivity contribution < 1.29 is 34.1 Å². The number of nitrogens with one attached hydrogen (secondary N) is 1. The molecule has 13 nitrogen and oxygen atoms in total. The average molecular weight is 452 g/mol. The zero-order chi connectivity index (χ0) is 24.3. The van der Waals surface area contributed by atoms with E-state index in [1.807, 2.05) is 0 Å². The largest absolute Gasteiger partial charge is 0.508 e. The van der Waals surface area contributed by atoms with Crippen LogP contribution >= 0.6 is 0 Å². The van der Waals surface area contributed by atoms with Gasteiger partial charge in [-0.05, 0) is 37.0 Å². The van der Waals surface area contributed by atoms with Crippen LogP contribution in [0.1, 0.15) is 18.4 Å². The summed E-state index contributed by atoms with van der Waals surface area (Å²) in [4.78, 5) is 52.7. The van der Waals surface area contributed by atoms with Crippen molar-refractivity contribution in [2.24, 2.45) is 22.2 Å². The fraction of sp³-hybridized carbons (Fsp3) is 0.421. The normalized spacial score (nSPS) is 12.2. The van der Waals surface area contributed by atoms with Gasteiger partial charge in [0.05, 0.1) is 13.2 Å². The summed E-state index contributed by atoms with van der Waals surface area (Å²) < 4.78 is 4.55. The topological polar surface area (TPSA) is 224 Å². The molecule has 1 rings (SSSR count). The van der Waals surface area contributed by atoms with E-state index >= 15 is 0 Å². The lowest BCUT2D eigenvalue weighted by Gasteiger charge is -2.23. The number of guanidine groups is 1. The number of hydrogen-bond acceptors (Lipinski definition) is 8. The standard InChI is InChI=1S/C19H28N6O7/c1-32-19(31)25(16(28)13(20)9-11-4-6-12(26)7-5-11)10-15(27)24-14(17(29)30)3-2-8-23-18(21)22/h4-7,13-14,26H,2-3,8-10,20H2,1H3,(H,24,27)(H,29,30)(H4,21,22,23)/t13-,14-/m0/s1. The highest BCUT2D eigenvalue weighted by Crippen LogP contribution is 2.12. The number of aromatic hydroxyl groups is 1. The number of phenolic OH excluding ortho intramolecular Hbond substituents is 1. The first-order valence-electron chi connectivity index (χ1n) is 9.55. The number of benzene rings is 1. The third-order valence-corrected chi connectivity index (χ3v) is 4.25. The quantitative estimate of drug-likeness (QED) is 0.129. The van der Waals surface area contributed by atoms with Crippen molar-refractivity contribution in [3.63, 3.8) is 0 Å². The van der Waals surface area contributed by atoms with Crippen molar-refractivity contribution in [3.8, 4) is 5.75 Å². The van der Waals surface area contributed by atoms with E-state index in [0.29, 0.717) is 10.5 Å². The van der Waals surface area contributed by atoms with Gasteiger partial charge < -0.3 is 37.5 Å². The molecule has 1 aromatic rings. The summed E-state index contributed by atoms with van der Waals surface area (Å²) in [5.41, 5.74) is 16.9. The first-order chi connectivity index (χ1) is 15.0. The fourth-order valence-electron chi connectivity index (χ4n) is 2.66. The van der Waals surface area contributed by atoms with Crippen LogP contribution in [0.25, 0.3) is 0 Å². The minimum Gasteiger partial charge on any atom is -0.508 e. The lowest BCUT2D eigenvalue weighted by atomic mass is 10.1. The molecule has 9 N–H and O–H groups in total. The van der Waals surface area contributed by atoms with Crippen LogP contribution in [0.15, 0.2) is 29.3 Å². The van der Waals surface area contributed by atoms with E-state index in [4.69, 9.17) is 17.2 Å². The molecule has 0 aromatic heterocycles. The predicted octanol–water partition coefficient (Wildman–Crippen LogP) is -1.52. The van der Waals surface area contributed by atoms with Crippen molar-refractivity contribution in [2.75, 3.05) is 20.2 Å². The van der Waals surface area contributed by atoms with E-state index in [2.05, 4.69) is 15.0 Å². The van der Waals surface area contributed by atoms with Crippen LogP contribution in [0.2, 0.25) is 0 Å². The van der Waals surface area contributed by atoms with Crippen molar-refractivity contribution in [3.05, 3.63) is 29.8 Å². The number of aliphatic carboxylic acids is 1. The number of phenols is 1. The van der Waals surface area contributed by atoms with Crippen LogP contribution in [0, 0.1) is 0 Å². The monoisotopic (exact) mass is 452 g/mol. The number of imide groups is 1. The lowest BCUT2D eigenvalue weighted by molar-refractivity contribution is -0.142. The van der Waals surface area contributed by atoms with Gasteiger partial charge in [0.1, 0.15) is 18.3 Å². The fourth-order valence-corrected chi connectivity index (χ4v) is 2.66. The van der Waals surface area contributed by atoms with Crippen molar-refractivity contribution in [1.29, 1.82) is 0 Å². The number of carboxylic acids is 1. The van der Waals surface area contributed by atoms with Gasteiger partial charge in [-0.25, -0.2) is 14.5 Å². The summed E-state index contributed by atoms with van der Waals surface area (Å²) in [6.45, 7) is -0.618. The maximum absolute atomic E-state index is 12.7. The van der Waals surface area contributed by atoms with E-state index in [1.165, 1.54) is 12.1 Å². The van der Waals surface area contributed by atoms with E-state index in [0.717, 1.165) is 7.11 Å². The molecular formula is C19H28N6O7. The molecule has 0 spiro atoms. The molecule has 0 bridgehead atoms. The van der Waals surface area contributed by atoms with Crippen LogP contribution in [0.5, 0.6) is 5.75 Å². The number of nitrogens with two attached hydrogens (primary N) is 3. The van der Waals surface area contributed by atoms with E-state index in [-0.39, 0.29) is 37.5 Å². The molecule has 3 amide bonds. The minimum atomic E-state index is -1.30. The number of rotatable bonds is 11. The Bertz CT molecular complexity index is 839. The average Bonchev–Trinajstić information content (AvgIpc) is 2.74. The Morgan fingerprint density at radius 1 is 1.19 bits per heavy atom. The molecule has 2 atom stereocenters. The van der Waals surface area contributed by atoms with Gasteiger partial charge in [0, 0.05) is 6.54 Å². The Morgan fingerprint density at radius 2 is 1.81 bits per heavy atom. The SMILES string of the molecule is COC(=O)N(CC(=O)N[C@@H](CCCN=C(N)N)C(=O)O)C(=O)[C@@H](N)Cc1ccc(O)cc1. The summed E-state index contributed by atoms with van der Waals surface area (Å²) in [5.74, 6) is -3.19. The molecule has 0 radical (unpaired) electrons. The number of carbonyl (C=O) groups is 4. The maximum Gasteiger partial charge on any atom is 0.416 e. The Labute approximate surface area is 184 Å². The zero-order valence-corrected chi connectivity index (χ0v) is 17.6. The second kappa shape index (κ2) is 12.7. The highest BCUT2D eigenvalue weighted by molar-refractivity contribution is 5.99. The summed E-state index contributed by atoms with van der Waals surface area (Å²) in [6, 6.07) is 3.46. The van der Waals surface area contributed by atoms with Crippen LogP contribution in [0.4, 0.5) is 4.79 Å². The third-order valence-electron chi connectivity index (χ3n) is 4.25. The smallest absolute Gasteiger partial charge is 0.416 e. The van der Waals surface area contributed by atoms with Gasteiger partial charge in [0.2, 0.25) is 11.8 Å². The summed E-state index contributed by atoms with van der Waals surface area (Å²) in [6.07, 6.45) is -0.807. The Balaban J connectivity index is 2.79. The number of carbonyl (C=O) groups excluding carboxylic acids is 3. The second-order valence-corrected chi connectivity index (χ2v) is 6.78. The van der Waals surface area contributed by atoms with E-state index < -0.39 is 42.5 Å². The zero-order valence-electron chi connectivity index (χ0n) is 17.6. The molecule has 32 heavy (non-hydrogen) atoms. The van der Waals surface area contributed by atoms with Crippen molar-refractivity contribution in [2.45, 2.75) is 31.3 Å². The molecule has 176 valence electrons. The number of hydrogen-bond donors (Lipinski definition) is 6. The van der Waals surface area contributed by atoms with Crippen LogP contribution in [-0.4, -0.2) is 77.2 Å². The van der Waals surface area contributed by atoms with Crippen LogP contribution < -0.4 is 22.5 Å². The molecule has 0 saturated carbocycles. The summed E-state index contributed by atoms with van der Waals surface area (Å²) in [7, 11) is 1.02. The summed E-state index contributed by atoms with van der Waals surface area (Å²) in [5, 5.41) is 20.9. The van der Waals surface area contributed by atoms with Gasteiger partial charge in [0.15, 0.2) is 5.96 Å². The second-order valence-electron chi connectivity index (χ2n) is 6.78. The van der Waals surface area contributed by atoms with Crippen LogP contribution in [0.3, 0.4) is 0 Å². The number of aliphatic imine (C=N–C) groups is 1. The van der Waals surface area contributed by atoms with Gasteiger partial charge in [-0.15, -0.1) is 0 Å². The lowest BCUT2D eigenvalue weighted by Crippen LogP contribution is -2.53. The van der Waals surface area contributed by atoms with E-state index in [1.54, 1.807) is 12.1 Å². The third kappa shape index (κ3) is 8.87.